The summed E-state index contributed by atoms with van der Waals surface area (Å²) < 4.78 is 0. The van der Waals surface area contributed by atoms with Gasteiger partial charge in [-0.3, -0.25) is 24.0 Å². The van der Waals surface area contributed by atoms with E-state index in [1.54, 1.807) is 26.8 Å². The van der Waals surface area contributed by atoms with E-state index in [9.17, 15) is 28.8 Å². The number of hydrogen-bond donors (Lipinski definition) is 7. The van der Waals surface area contributed by atoms with Crippen molar-refractivity contribution in [3.05, 3.63) is 65.7 Å². The molecule has 0 saturated carbocycles. The SMILES string of the molecule is CC(C)C(NC(=O)CN)C(=O)NCC(=O)NC(CC(=O)Nc1cccc(C(=O)O)c1)Cc1ccccc1.CCC(=O)O.CCCC. The van der Waals surface area contributed by atoms with Gasteiger partial charge in [-0.25, -0.2) is 4.79 Å². The molecule has 0 aliphatic rings. The smallest absolute Gasteiger partial charge is 0.335 e. The second-order valence-electron chi connectivity index (χ2n) is 10.6. The second kappa shape index (κ2) is 23.6. The quantitative estimate of drug-likeness (QED) is 0.152. The predicted octanol–water partition coefficient (Wildman–Crippen LogP) is 2.94. The molecule has 4 amide bonds. The molecule has 2 unspecified atom stereocenters. The highest BCUT2D eigenvalue weighted by Crippen LogP contribution is 2.13. The number of aromatic carboxylic acids is 1. The largest absolute Gasteiger partial charge is 0.481 e. The molecule has 13 heteroatoms. The first-order valence-corrected chi connectivity index (χ1v) is 15.2. The lowest BCUT2D eigenvalue weighted by Gasteiger charge is -2.22. The zero-order chi connectivity index (χ0) is 35.1. The molecule has 0 saturated heterocycles. The number of unbranched alkanes of at least 4 members (excludes halogenated alkanes) is 1. The maximum Gasteiger partial charge on any atom is 0.335 e. The Hall–Kier alpha value is -4.78. The average molecular weight is 644 g/mol. The normalized spacial score (nSPS) is 11.3. The number of carbonyl (C=O) groups is 6. The standard InChI is InChI=1S/C26H33N5O6.C4H10.C3H6O2/c1-16(2)24(31-22(33)14-27)25(35)28-15-23(34)30-20(11-17-7-4-3-5-8-17)13-21(32)29-19-10-6-9-18(12-19)26(36)37;1-3-4-2;1-2-3(4)5/h3-10,12,16,20,24H,11,13-15,27H2,1-2H3,(H,28,35)(H,29,32)(H,30,34)(H,31,33)(H,36,37);3-4H2,1-2H3;2H2,1H3,(H,4,5). The van der Waals surface area contributed by atoms with E-state index in [0.29, 0.717) is 12.1 Å². The van der Waals surface area contributed by atoms with E-state index in [2.05, 4.69) is 35.1 Å². The third kappa shape index (κ3) is 18.8. The molecule has 13 nitrogen and oxygen atoms in total. The summed E-state index contributed by atoms with van der Waals surface area (Å²) in [6.07, 6.45) is 3.12. The highest BCUT2D eigenvalue weighted by molar-refractivity contribution is 5.95. The summed E-state index contributed by atoms with van der Waals surface area (Å²) >= 11 is 0. The number of anilines is 1. The molecule has 0 bridgehead atoms. The number of nitrogens with one attached hydrogen (secondary N) is 4. The van der Waals surface area contributed by atoms with Crippen molar-refractivity contribution < 1.29 is 39.0 Å². The topological polar surface area (TPSA) is 217 Å². The van der Waals surface area contributed by atoms with Crippen LogP contribution in [-0.4, -0.2) is 71.0 Å². The zero-order valence-corrected chi connectivity index (χ0v) is 27.3. The summed E-state index contributed by atoms with van der Waals surface area (Å²) in [5.74, 6) is -4.03. The molecular formula is C33H49N5O8. The van der Waals surface area contributed by atoms with Gasteiger partial charge in [-0.1, -0.05) is 83.9 Å². The van der Waals surface area contributed by atoms with Gasteiger partial charge in [-0.05, 0) is 36.1 Å². The molecule has 0 spiro atoms. The van der Waals surface area contributed by atoms with E-state index in [4.69, 9.17) is 15.9 Å². The molecule has 2 atom stereocenters. The fraction of sp³-hybridized carbons (Fsp3) is 0.455. The second-order valence-corrected chi connectivity index (χ2v) is 10.6. The lowest BCUT2D eigenvalue weighted by molar-refractivity contribution is -0.136. The van der Waals surface area contributed by atoms with Crippen molar-refractivity contribution in [2.75, 3.05) is 18.4 Å². The van der Waals surface area contributed by atoms with Gasteiger partial charge in [-0.15, -0.1) is 0 Å². The molecule has 0 aromatic heterocycles. The highest BCUT2D eigenvalue weighted by Gasteiger charge is 2.25. The van der Waals surface area contributed by atoms with Gasteiger partial charge in [0.1, 0.15) is 6.04 Å². The van der Waals surface area contributed by atoms with Crippen LogP contribution in [0.3, 0.4) is 0 Å². The minimum atomic E-state index is -1.12. The lowest BCUT2D eigenvalue weighted by Crippen LogP contribution is -2.53. The van der Waals surface area contributed by atoms with Gasteiger partial charge in [0.2, 0.25) is 23.6 Å². The van der Waals surface area contributed by atoms with Crippen LogP contribution >= 0.6 is 0 Å². The summed E-state index contributed by atoms with van der Waals surface area (Å²) in [5, 5.41) is 27.3. The van der Waals surface area contributed by atoms with Crippen molar-refractivity contribution in [3.8, 4) is 0 Å². The van der Waals surface area contributed by atoms with Crippen molar-refractivity contribution in [2.45, 2.75) is 78.8 Å². The molecule has 0 aliphatic heterocycles. The van der Waals surface area contributed by atoms with Crippen molar-refractivity contribution >= 4 is 41.3 Å². The lowest BCUT2D eigenvalue weighted by atomic mass is 10.0. The van der Waals surface area contributed by atoms with Crippen LogP contribution in [0.5, 0.6) is 0 Å². The van der Waals surface area contributed by atoms with Crippen LogP contribution in [0.4, 0.5) is 5.69 Å². The van der Waals surface area contributed by atoms with E-state index in [0.717, 1.165) is 5.56 Å². The van der Waals surface area contributed by atoms with Gasteiger partial charge in [0.25, 0.3) is 0 Å². The average Bonchev–Trinajstić information content (AvgIpc) is 3.03. The zero-order valence-electron chi connectivity index (χ0n) is 27.3. The van der Waals surface area contributed by atoms with Crippen LogP contribution < -0.4 is 27.0 Å². The summed E-state index contributed by atoms with van der Waals surface area (Å²) in [7, 11) is 0. The number of amides is 4. The van der Waals surface area contributed by atoms with Gasteiger partial charge < -0.3 is 37.2 Å². The van der Waals surface area contributed by atoms with Crippen molar-refractivity contribution in [1.29, 1.82) is 0 Å². The van der Waals surface area contributed by atoms with Crippen LogP contribution in [0.2, 0.25) is 0 Å². The maximum atomic E-state index is 12.7. The highest BCUT2D eigenvalue weighted by atomic mass is 16.4. The van der Waals surface area contributed by atoms with Crippen molar-refractivity contribution in [1.82, 2.24) is 16.0 Å². The van der Waals surface area contributed by atoms with Gasteiger partial charge in [0.15, 0.2) is 0 Å². The number of carboxylic acids is 2. The Balaban J connectivity index is 0.00000198. The molecule has 254 valence electrons. The van der Waals surface area contributed by atoms with Crippen LogP contribution in [0.25, 0.3) is 0 Å². The van der Waals surface area contributed by atoms with Crippen molar-refractivity contribution in [2.24, 2.45) is 11.7 Å². The Morgan fingerprint density at radius 2 is 1.41 bits per heavy atom. The molecule has 0 heterocycles. The minimum absolute atomic E-state index is 0.0324. The fourth-order valence-corrected chi connectivity index (χ4v) is 3.56. The number of carboxylic acid groups (broad SMARTS) is 2. The third-order valence-electron chi connectivity index (χ3n) is 6.19. The van der Waals surface area contributed by atoms with Gasteiger partial charge in [0.05, 0.1) is 18.7 Å². The fourth-order valence-electron chi connectivity index (χ4n) is 3.56. The first kappa shape index (κ1) is 41.2. The number of benzene rings is 2. The Morgan fingerprint density at radius 3 is 1.91 bits per heavy atom. The first-order chi connectivity index (χ1) is 21.8. The van der Waals surface area contributed by atoms with Crippen molar-refractivity contribution in [3.63, 3.8) is 0 Å². The Bertz CT molecular complexity index is 1250. The molecule has 8 N–H and O–H groups in total. The number of rotatable bonds is 15. The molecule has 2 aromatic carbocycles. The molecule has 0 radical (unpaired) electrons. The predicted molar refractivity (Wildman–Crippen MR) is 176 cm³/mol. The molecule has 0 fully saturated rings. The van der Waals surface area contributed by atoms with Gasteiger partial charge in [-0.2, -0.15) is 0 Å². The third-order valence-corrected chi connectivity index (χ3v) is 6.19. The summed E-state index contributed by atoms with van der Waals surface area (Å²) in [6.45, 7) is 8.85. The Kier molecular flexibility index (Phi) is 21.1. The molecular weight excluding hydrogens is 594 g/mol. The molecule has 2 rings (SSSR count). The number of nitrogens with two attached hydrogens (primary N) is 1. The molecule has 46 heavy (non-hydrogen) atoms. The van der Waals surface area contributed by atoms with Gasteiger partial charge in [0, 0.05) is 24.6 Å². The van der Waals surface area contributed by atoms with Crippen LogP contribution in [0.1, 0.15) is 76.2 Å². The summed E-state index contributed by atoms with van der Waals surface area (Å²) in [4.78, 5) is 70.0. The number of carbonyl (C=O) groups excluding carboxylic acids is 4. The molecule has 2 aromatic rings. The van der Waals surface area contributed by atoms with E-state index >= 15 is 0 Å². The molecule has 0 aliphatic carbocycles. The van der Waals surface area contributed by atoms with E-state index in [-0.39, 0.29) is 37.4 Å². The first-order valence-electron chi connectivity index (χ1n) is 15.2. The van der Waals surface area contributed by atoms with Crippen LogP contribution in [0.15, 0.2) is 54.6 Å². The van der Waals surface area contributed by atoms with E-state index in [1.165, 1.54) is 31.0 Å². The Morgan fingerprint density at radius 1 is 0.804 bits per heavy atom. The van der Waals surface area contributed by atoms with E-state index in [1.807, 2.05) is 30.3 Å². The maximum absolute atomic E-state index is 12.7. The van der Waals surface area contributed by atoms with Crippen LogP contribution in [-0.2, 0) is 30.4 Å². The monoisotopic (exact) mass is 643 g/mol. The Labute approximate surface area is 270 Å². The van der Waals surface area contributed by atoms with E-state index < -0.39 is 47.7 Å². The summed E-state index contributed by atoms with van der Waals surface area (Å²) in [5.41, 5.74) is 6.55. The van der Waals surface area contributed by atoms with Gasteiger partial charge >= 0.3 is 11.9 Å². The number of aliphatic carboxylic acids is 1. The van der Waals surface area contributed by atoms with Crippen LogP contribution in [0, 0.1) is 5.92 Å². The summed E-state index contributed by atoms with van der Waals surface area (Å²) in [6, 6.07) is 13.6. The number of hydrogen-bond acceptors (Lipinski definition) is 7. The minimum Gasteiger partial charge on any atom is -0.481 e.